The minimum Gasteiger partial charge on any atom is -0.381 e. The van der Waals surface area contributed by atoms with Gasteiger partial charge in [-0.05, 0) is 48.7 Å². The summed E-state index contributed by atoms with van der Waals surface area (Å²) in [6.45, 7) is 2.67. The fourth-order valence-electron chi connectivity index (χ4n) is 5.04. The van der Waals surface area contributed by atoms with E-state index in [1.54, 1.807) is 12.1 Å². The van der Waals surface area contributed by atoms with Gasteiger partial charge in [-0.3, -0.25) is 9.69 Å². The Labute approximate surface area is 222 Å². The van der Waals surface area contributed by atoms with Crippen molar-refractivity contribution >= 4 is 22.6 Å². The third kappa shape index (κ3) is 6.81. The Hall–Kier alpha value is -3.35. The van der Waals surface area contributed by atoms with E-state index in [1.807, 2.05) is 0 Å². The molecule has 8 nitrogen and oxygen atoms in total. The highest BCUT2D eigenvalue weighted by Crippen LogP contribution is 2.32. The number of ether oxygens (including phenoxy) is 2. The van der Waals surface area contributed by atoms with Gasteiger partial charge in [-0.25, -0.2) is 14.4 Å². The Kier molecular flexibility index (Phi) is 8.24. The van der Waals surface area contributed by atoms with E-state index in [2.05, 4.69) is 25.5 Å². The Bertz CT molecular complexity index is 1280. The maximum atomic E-state index is 13.3. The molecule has 1 amide bonds. The highest BCUT2D eigenvalue weighted by molar-refractivity contribution is 5.91. The molecule has 2 aliphatic rings. The van der Waals surface area contributed by atoms with E-state index in [0.29, 0.717) is 37.9 Å². The number of amides is 1. The lowest BCUT2D eigenvalue weighted by molar-refractivity contribution is -0.137. The number of nitrogens with zero attached hydrogens (tertiary/aromatic N) is 3. The molecule has 3 heterocycles. The molecule has 5 rings (SSSR count). The van der Waals surface area contributed by atoms with E-state index < -0.39 is 11.7 Å². The molecule has 2 atom stereocenters. The van der Waals surface area contributed by atoms with E-state index in [4.69, 9.17) is 9.47 Å². The van der Waals surface area contributed by atoms with Gasteiger partial charge in [0.2, 0.25) is 5.91 Å². The van der Waals surface area contributed by atoms with Crippen LogP contribution < -0.4 is 10.6 Å². The Morgan fingerprint density at radius 3 is 2.59 bits per heavy atom. The number of hydrogen-bond acceptors (Lipinski definition) is 7. The molecule has 2 aliphatic heterocycles. The number of likely N-dealkylation sites (tertiary alicyclic amines) is 1. The lowest BCUT2D eigenvalue weighted by Gasteiger charge is -2.30. The van der Waals surface area contributed by atoms with Gasteiger partial charge in [-0.1, -0.05) is 12.1 Å². The van der Waals surface area contributed by atoms with E-state index in [1.165, 1.54) is 24.5 Å². The van der Waals surface area contributed by atoms with Crippen LogP contribution in [0, 0.1) is 5.82 Å². The molecular formula is C27H29F4N5O3. The number of fused-ring (bicyclic) bond motifs is 1. The van der Waals surface area contributed by atoms with Gasteiger partial charge in [0.15, 0.2) is 0 Å². The molecule has 0 radical (unpaired) electrons. The third-order valence-electron chi connectivity index (χ3n) is 7.10. The summed E-state index contributed by atoms with van der Waals surface area (Å²) in [4.78, 5) is 23.3. The number of benzene rings is 2. The molecule has 1 aromatic heterocycles. The van der Waals surface area contributed by atoms with Crippen molar-refractivity contribution in [1.29, 1.82) is 0 Å². The highest BCUT2D eigenvalue weighted by Gasteiger charge is 2.38. The zero-order valence-electron chi connectivity index (χ0n) is 21.1. The van der Waals surface area contributed by atoms with Crippen LogP contribution in [0.5, 0.6) is 0 Å². The second kappa shape index (κ2) is 11.8. The Balaban J connectivity index is 1.24. The van der Waals surface area contributed by atoms with Gasteiger partial charge >= 0.3 is 6.18 Å². The number of nitrogens with one attached hydrogen (secondary N) is 2. The van der Waals surface area contributed by atoms with Crippen LogP contribution in [0.25, 0.3) is 10.9 Å². The summed E-state index contributed by atoms with van der Waals surface area (Å²) < 4.78 is 64.6. The molecule has 0 aliphatic carbocycles. The monoisotopic (exact) mass is 547 g/mol. The van der Waals surface area contributed by atoms with Gasteiger partial charge in [0, 0.05) is 37.7 Å². The minimum atomic E-state index is -4.51. The van der Waals surface area contributed by atoms with Gasteiger partial charge in [0.1, 0.15) is 18.0 Å². The summed E-state index contributed by atoms with van der Waals surface area (Å²) in [5, 5.41) is 6.04. The van der Waals surface area contributed by atoms with Gasteiger partial charge in [-0.15, -0.1) is 0 Å². The number of alkyl halides is 3. The molecule has 0 spiro atoms. The fraction of sp³-hybridized carbons (Fsp3) is 0.444. The SMILES string of the molecule is O=C(CNc1ncnc2ccc(C(F)(F)F)cc12)NC1CN(C2CCOCC2)C[C@@H]1OCc1ccc(F)cc1. The highest BCUT2D eigenvalue weighted by atomic mass is 19.4. The first-order valence-corrected chi connectivity index (χ1v) is 12.8. The zero-order chi connectivity index (χ0) is 27.4. The van der Waals surface area contributed by atoms with Crippen molar-refractivity contribution in [2.45, 2.75) is 43.8 Å². The van der Waals surface area contributed by atoms with Gasteiger partial charge < -0.3 is 20.1 Å². The van der Waals surface area contributed by atoms with Crippen molar-refractivity contribution in [2.75, 3.05) is 38.2 Å². The summed E-state index contributed by atoms with van der Waals surface area (Å²) >= 11 is 0. The van der Waals surface area contributed by atoms with Gasteiger partial charge in [-0.2, -0.15) is 13.2 Å². The van der Waals surface area contributed by atoms with E-state index >= 15 is 0 Å². The van der Waals surface area contributed by atoms with Crippen molar-refractivity contribution in [3.05, 3.63) is 65.7 Å². The number of halogens is 4. The number of carbonyl (C=O) groups is 1. The molecule has 2 aromatic carbocycles. The molecular weight excluding hydrogens is 518 g/mol. The quantitative estimate of drug-likeness (QED) is 0.415. The summed E-state index contributed by atoms with van der Waals surface area (Å²) in [5.41, 5.74) is 0.331. The topological polar surface area (TPSA) is 88.6 Å². The standard InChI is InChI=1S/C27H29F4N5O3/c28-19-4-1-17(2-5-19)15-39-24-14-36(20-7-9-38-10-8-20)13-23(24)35-25(37)12-32-26-21-11-18(27(29,30)31)3-6-22(21)33-16-34-26/h1-6,11,16,20,23-24H,7-10,12-15H2,(H,35,37)(H,32,33,34)/t23?,24-/m0/s1. The van der Waals surface area contributed by atoms with Gasteiger partial charge in [0.25, 0.3) is 0 Å². The van der Waals surface area contributed by atoms with Crippen LogP contribution >= 0.6 is 0 Å². The maximum absolute atomic E-state index is 13.3. The molecule has 0 saturated carbocycles. The molecule has 2 fully saturated rings. The number of hydrogen-bond donors (Lipinski definition) is 2. The number of rotatable bonds is 8. The normalized spacial score (nSPS) is 20.8. The van der Waals surface area contributed by atoms with Crippen LogP contribution in [0.2, 0.25) is 0 Å². The minimum absolute atomic E-state index is 0.139. The first-order chi connectivity index (χ1) is 18.8. The predicted molar refractivity (Wildman–Crippen MR) is 135 cm³/mol. The second-order valence-corrected chi connectivity index (χ2v) is 9.75. The lowest BCUT2D eigenvalue weighted by atomic mass is 10.1. The molecule has 12 heteroatoms. The summed E-state index contributed by atoms with van der Waals surface area (Å²) in [7, 11) is 0. The molecule has 2 saturated heterocycles. The second-order valence-electron chi connectivity index (χ2n) is 9.75. The van der Waals surface area contributed by atoms with Crippen LogP contribution in [0.4, 0.5) is 23.4 Å². The number of anilines is 1. The average Bonchev–Trinajstić information content (AvgIpc) is 3.33. The van der Waals surface area contributed by atoms with E-state index in [-0.39, 0.29) is 48.2 Å². The molecule has 2 N–H and O–H groups in total. The first-order valence-electron chi connectivity index (χ1n) is 12.8. The zero-order valence-corrected chi connectivity index (χ0v) is 21.1. The summed E-state index contributed by atoms with van der Waals surface area (Å²) in [6.07, 6.45) is -1.78. The molecule has 3 aromatic rings. The molecule has 0 bridgehead atoms. The fourth-order valence-corrected chi connectivity index (χ4v) is 5.04. The van der Waals surface area contributed by atoms with E-state index in [0.717, 1.165) is 30.5 Å². The average molecular weight is 548 g/mol. The van der Waals surface area contributed by atoms with Gasteiger partial charge in [0.05, 0.1) is 36.4 Å². The van der Waals surface area contributed by atoms with Crippen LogP contribution in [0.1, 0.15) is 24.0 Å². The molecule has 208 valence electrons. The Morgan fingerprint density at radius 1 is 1.08 bits per heavy atom. The third-order valence-corrected chi connectivity index (χ3v) is 7.10. The summed E-state index contributed by atoms with van der Waals surface area (Å²) in [6, 6.07) is 9.30. The number of carbonyl (C=O) groups excluding carboxylic acids is 1. The van der Waals surface area contributed by atoms with Crippen molar-refractivity contribution in [1.82, 2.24) is 20.2 Å². The maximum Gasteiger partial charge on any atom is 0.416 e. The number of aromatic nitrogens is 2. The largest absolute Gasteiger partial charge is 0.416 e. The van der Waals surface area contributed by atoms with Crippen LogP contribution in [-0.4, -0.2) is 71.8 Å². The van der Waals surface area contributed by atoms with Crippen LogP contribution in [0.15, 0.2) is 48.8 Å². The first kappa shape index (κ1) is 27.2. The molecule has 1 unspecified atom stereocenters. The summed E-state index contributed by atoms with van der Waals surface area (Å²) in [5.74, 6) is -0.530. The molecule has 39 heavy (non-hydrogen) atoms. The predicted octanol–water partition coefficient (Wildman–Crippen LogP) is 3.76. The Morgan fingerprint density at radius 2 is 1.85 bits per heavy atom. The van der Waals surface area contributed by atoms with Crippen molar-refractivity contribution < 1.29 is 31.8 Å². The van der Waals surface area contributed by atoms with E-state index in [9.17, 15) is 22.4 Å². The van der Waals surface area contributed by atoms with Crippen molar-refractivity contribution in [3.8, 4) is 0 Å². The van der Waals surface area contributed by atoms with Crippen molar-refractivity contribution in [2.24, 2.45) is 0 Å². The smallest absolute Gasteiger partial charge is 0.381 e. The van der Waals surface area contributed by atoms with Crippen molar-refractivity contribution in [3.63, 3.8) is 0 Å². The van der Waals surface area contributed by atoms with Crippen LogP contribution in [0.3, 0.4) is 0 Å². The lowest BCUT2D eigenvalue weighted by Crippen LogP contribution is -2.46. The van der Waals surface area contributed by atoms with Crippen LogP contribution in [-0.2, 0) is 27.1 Å².